The van der Waals surface area contributed by atoms with E-state index in [1.54, 1.807) is 12.1 Å². The second-order valence-corrected chi connectivity index (χ2v) is 3.13. The Hall–Kier alpha value is -2.17. The molecule has 0 fully saturated rings. The number of hydrogen-bond donors (Lipinski definition) is 1. The monoisotopic (exact) mass is 220 g/mol. The van der Waals surface area contributed by atoms with E-state index in [1.165, 1.54) is 19.4 Å². The maximum absolute atomic E-state index is 13.4. The zero-order valence-electron chi connectivity index (χ0n) is 8.53. The fraction of sp³-hybridized carbons (Fsp3) is 0.0909. The van der Waals surface area contributed by atoms with Crippen LogP contribution in [0.1, 0.15) is 10.5 Å². The van der Waals surface area contributed by atoms with Gasteiger partial charge in [-0.25, -0.2) is 9.37 Å². The molecular weight excluding hydrogens is 211 g/mol. The molecule has 0 saturated heterocycles. The number of halogens is 1. The first-order valence-corrected chi connectivity index (χ1v) is 4.59. The van der Waals surface area contributed by atoms with Crippen LogP contribution in [0.3, 0.4) is 0 Å². The van der Waals surface area contributed by atoms with Crippen LogP contribution in [-0.4, -0.2) is 23.4 Å². The van der Waals surface area contributed by atoms with Gasteiger partial charge in [-0.3, -0.25) is 4.79 Å². The molecule has 0 aliphatic rings. The van der Waals surface area contributed by atoms with E-state index < -0.39 is 5.82 Å². The minimum Gasteiger partial charge on any atom is -0.493 e. The highest BCUT2D eigenvalue weighted by Crippen LogP contribution is 2.29. The van der Waals surface area contributed by atoms with Crippen molar-refractivity contribution in [1.82, 2.24) is 9.97 Å². The number of aldehydes is 1. The zero-order chi connectivity index (χ0) is 11.5. The van der Waals surface area contributed by atoms with Crippen LogP contribution in [0.15, 0.2) is 24.4 Å². The Bertz CT molecular complexity index is 522. The molecule has 5 heteroatoms. The molecule has 16 heavy (non-hydrogen) atoms. The number of hydrogen-bond acceptors (Lipinski definition) is 3. The SMILES string of the molecule is COc1c(F)cccc1-c1ncc(C=O)[nH]1. The zero-order valence-corrected chi connectivity index (χ0v) is 8.53. The second kappa shape index (κ2) is 4.14. The maximum atomic E-state index is 13.4. The second-order valence-electron chi connectivity index (χ2n) is 3.13. The number of carbonyl (C=O) groups is 1. The molecule has 0 bridgehead atoms. The third kappa shape index (κ3) is 1.67. The van der Waals surface area contributed by atoms with Crippen LogP contribution in [-0.2, 0) is 0 Å². The normalized spacial score (nSPS) is 10.1. The van der Waals surface area contributed by atoms with Crippen LogP contribution < -0.4 is 4.74 Å². The molecule has 0 spiro atoms. The minimum atomic E-state index is -0.468. The predicted molar refractivity (Wildman–Crippen MR) is 55.9 cm³/mol. The minimum absolute atomic E-state index is 0.106. The van der Waals surface area contributed by atoms with Crippen molar-refractivity contribution in [2.75, 3.05) is 7.11 Å². The van der Waals surface area contributed by atoms with E-state index in [1.807, 2.05) is 0 Å². The highest BCUT2D eigenvalue weighted by atomic mass is 19.1. The third-order valence-corrected chi connectivity index (χ3v) is 2.15. The Morgan fingerprint density at radius 1 is 1.50 bits per heavy atom. The van der Waals surface area contributed by atoms with Gasteiger partial charge < -0.3 is 9.72 Å². The average Bonchev–Trinajstić information content (AvgIpc) is 2.77. The lowest BCUT2D eigenvalue weighted by molar-refractivity contribution is 0.111. The fourth-order valence-electron chi connectivity index (χ4n) is 1.43. The molecule has 0 radical (unpaired) electrons. The Morgan fingerprint density at radius 3 is 2.94 bits per heavy atom. The Morgan fingerprint density at radius 2 is 2.31 bits per heavy atom. The Balaban J connectivity index is 2.54. The van der Waals surface area contributed by atoms with Crippen LogP contribution >= 0.6 is 0 Å². The van der Waals surface area contributed by atoms with Gasteiger partial charge >= 0.3 is 0 Å². The van der Waals surface area contributed by atoms with Crippen molar-refractivity contribution in [1.29, 1.82) is 0 Å². The highest BCUT2D eigenvalue weighted by molar-refractivity contribution is 5.74. The van der Waals surface area contributed by atoms with E-state index in [0.29, 0.717) is 23.4 Å². The third-order valence-electron chi connectivity index (χ3n) is 2.15. The summed E-state index contributed by atoms with van der Waals surface area (Å²) in [6.45, 7) is 0. The lowest BCUT2D eigenvalue weighted by Crippen LogP contribution is -1.93. The van der Waals surface area contributed by atoms with Crippen LogP contribution in [0, 0.1) is 5.82 Å². The predicted octanol–water partition coefficient (Wildman–Crippen LogP) is 2.04. The van der Waals surface area contributed by atoms with Gasteiger partial charge in [-0.15, -0.1) is 0 Å². The van der Waals surface area contributed by atoms with Gasteiger partial charge in [-0.1, -0.05) is 6.07 Å². The topological polar surface area (TPSA) is 55.0 Å². The largest absolute Gasteiger partial charge is 0.493 e. The van der Waals surface area contributed by atoms with Gasteiger partial charge in [0.2, 0.25) is 0 Å². The van der Waals surface area contributed by atoms with Crippen molar-refractivity contribution in [3.63, 3.8) is 0 Å². The molecule has 2 rings (SSSR count). The van der Waals surface area contributed by atoms with E-state index in [0.717, 1.165) is 0 Å². The van der Waals surface area contributed by atoms with Gasteiger partial charge in [0.05, 0.1) is 24.6 Å². The molecule has 82 valence electrons. The Kier molecular flexibility index (Phi) is 2.68. The molecule has 2 aromatic rings. The molecule has 0 atom stereocenters. The number of carbonyl (C=O) groups excluding carboxylic acids is 1. The van der Waals surface area contributed by atoms with Crippen LogP contribution in [0.25, 0.3) is 11.4 Å². The van der Waals surface area contributed by atoms with Crippen molar-refractivity contribution in [2.24, 2.45) is 0 Å². The first-order chi connectivity index (χ1) is 7.76. The number of nitrogens with zero attached hydrogens (tertiary/aromatic N) is 1. The van der Waals surface area contributed by atoms with Crippen molar-refractivity contribution in [2.45, 2.75) is 0 Å². The van der Waals surface area contributed by atoms with Gasteiger partial charge in [-0.2, -0.15) is 0 Å². The van der Waals surface area contributed by atoms with Gasteiger partial charge in [0.15, 0.2) is 17.9 Å². The highest BCUT2D eigenvalue weighted by Gasteiger charge is 2.12. The summed E-state index contributed by atoms with van der Waals surface area (Å²) in [4.78, 5) is 17.2. The van der Waals surface area contributed by atoms with Crippen LogP contribution in [0.4, 0.5) is 4.39 Å². The summed E-state index contributed by atoms with van der Waals surface area (Å²) >= 11 is 0. The van der Waals surface area contributed by atoms with E-state index in [4.69, 9.17) is 4.74 Å². The first-order valence-electron chi connectivity index (χ1n) is 4.59. The number of aromatic amines is 1. The molecule has 0 saturated carbocycles. The van der Waals surface area contributed by atoms with Gasteiger partial charge in [-0.05, 0) is 12.1 Å². The number of rotatable bonds is 3. The number of ether oxygens (including phenoxy) is 1. The van der Waals surface area contributed by atoms with Crippen molar-refractivity contribution in [3.05, 3.63) is 35.9 Å². The number of para-hydroxylation sites is 1. The number of H-pyrrole nitrogens is 1. The average molecular weight is 220 g/mol. The number of benzene rings is 1. The smallest absolute Gasteiger partial charge is 0.167 e. The first kappa shape index (κ1) is 10.4. The number of nitrogens with one attached hydrogen (secondary N) is 1. The lowest BCUT2D eigenvalue weighted by Gasteiger charge is -2.06. The van der Waals surface area contributed by atoms with E-state index in [9.17, 15) is 9.18 Å². The molecular formula is C11H9FN2O2. The molecule has 0 amide bonds. The Labute approximate surface area is 91.1 Å². The quantitative estimate of drug-likeness (QED) is 0.805. The summed E-state index contributed by atoms with van der Waals surface area (Å²) in [7, 11) is 1.38. The lowest BCUT2D eigenvalue weighted by atomic mass is 10.2. The summed E-state index contributed by atoms with van der Waals surface area (Å²) in [5.74, 6) is 0.0387. The molecule has 1 aromatic heterocycles. The molecule has 0 unspecified atom stereocenters. The van der Waals surface area contributed by atoms with Gasteiger partial charge in [0.1, 0.15) is 5.82 Å². The molecule has 1 aromatic carbocycles. The fourth-order valence-corrected chi connectivity index (χ4v) is 1.43. The van der Waals surface area contributed by atoms with Gasteiger partial charge in [0, 0.05) is 0 Å². The van der Waals surface area contributed by atoms with Crippen molar-refractivity contribution < 1.29 is 13.9 Å². The molecule has 1 heterocycles. The van der Waals surface area contributed by atoms with Crippen molar-refractivity contribution in [3.8, 4) is 17.1 Å². The molecule has 0 aliphatic heterocycles. The standard InChI is InChI=1S/C11H9FN2O2/c1-16-10-8(3-2-4-9(10)12)11-13-5-7(6-15)14-11/h2-6H,1H3,(H,13,14). The van der Waals surface area contributed by atoms with E-state index in [2.05, 4.69) is 9.97 Å². The summed E-state index contributed by atoms with van der Waals surface area (Å²) < 4.78 is 18.3. The number of aromatic nitrogens is 2. The molecule has 0 aliphatic carbocycles. The van der Waals surface area contributed by atoms with E-state index >= 15 is 0 Å². The van der Waals surface area contributed by atoms with Crippen LogP contribution in [0.5, 0.6) is 5.75 Å². The van der Waals surface area contributed by atoms with E-state index in [-0.39, 0.29) is 5.75 Å². The maximum Gasteiger partial charge on any atom is 0.167 e. The number of imidazole rings is 1. The summed E-state index contributed by atoms with van der Waals surface area (Å²) in [5.41, 5.74) is 0.817. The summed E-state index contributed by atoms with van der Waals surface area (Å²) in [6.07, 6.45) is 2.02. The van der Waals surface area contributed by atoms with Gasteiger partial charge in [0.25, 0.3) is 0 Å². The number of methoxy groups -OCH3 is 1. The summed E-state index contributed by atoms with van der Waals surface area (Å²) in [6, 6.07) is 4.51. The molecule has 4 nitrogen and oxygen atoms in total. The van der Waals surface area contributed by atoms with Crippen molar-refractivity contribution >= 4 is 6.29 Å². The molecule has 1 N–H and O–H groups in total. The van der Waals surface area contributed by atoms with Crippen LogP contribution in [0.2, 0.25) is 0 Å². The summed E-state index contributed by atoms with van der Waals surface area (Å²) in [5, 5.41) is 0.